The van der Waals surface area contributed by atoms with Crippen molar-refractivity contribution in [2.24, 2.45) is 7.05 Å². The van der Waals surface area contributed by atoms with Crippen molar-refractivity contribution in [2.75, 3.05) is 20.2 Å². The molecule has 0 aliphatic rings. The quantitative estimate of drug-likeness (QED) is 0.852. The van der Waals surface area contributed by atoms with Crippen LogP contribution in [0.25, 0.3) is 10.9 Å². The highest BCUT2D eigenvalue weighted by Gasteiger charge is 2.20. The molecule has 0 fully saturated rings. The molecular formula is C16H22N2O2. The van der Waals surface area contributed by atoms with Crippen molar-refractivity contribution in [1.29, 1.82) is 0 Å². The number of benzene rings is 1. The number of carbonyl (C=O) groups is 1. The molecular weight excluding hydrogens is 252 g/mol. The molecule has 108 valence electrons. The number of aryl methyl sites for hydroxylation is 2. The van der Waals surface area contributed by atoms with E-state index < -0.39 is 0 Å². The fourth-order valence-corrected chi connectivity index (χ4v) is 2.65. The highest BCUT2D eigenvalue weighted by Crippen LogP contribution is 2.33. The Morgan fingerprint density at radius 2 is 2.05 bits per heavy atom. The van der Waals surface area contributed by atoms with E-state index in [-0.39, 0.29) is 5.78 Å². The molecule has 0 saturated heterocycles. The van der Waals surface area contributed by atoms with Crippen molar-refractivity contribution in [2.45, 2.75) is 20.8 Å². The number of ketones is 1. The Morgan fingerprint density at radius 1 is 1.35 bits per heavy atom. The van der Waals surface area contributed by atoms with Crippen LogP contribution in [0.3, 0.4) is 0 Å². The summed E-state index contributed by atoms with van der Waals surface area (Å²) in [5.41, 5.74) is 3.85. The van der Waals surface area contributed by atoms with Crippen LogP contribution in [-0.2, 0) is 7.05 Å². The van der Waals surface area contributed by atoms with Gasteiger partial charge in [0, 0.05) is 23.7 Å². The monoisotopic (exact) mass is 274 g/mol. The molecule has 0 atom stereocenters. The van der Waals surface area contributed by atoms with Gasteiger partial charge >= 0.3 is 0 Å². The second-order valence-electron chi connectivity index (χ2n) is 5.09. The molecule has 1 aromatic heterocycles. The molecule has 0 spiro atoms. The number of ether oxygens (including phenoxy) is 1. The molecule has 2 rings (SSSR count). The standard InChI is InChI=1S/C16H22N2O2/c1-6-17-9-13(19)15-11(3)18(4)16-12(15)7-10(2)8-14(16)20-5/h7-8,17H,6,9H2,1-5H3. The number of aromatic nitrogens is 1. The third-order valence-corrected chi connectivity index (χ3v) is 3.72. The van der Waals surface area contributed by atoms with E-state index >= 15 is 0 Å². The fraction of sp³-hybridized carbons (Fsp3) is 0.438. The zero-order valence-electron chi connectivity index (χ0n) is 12.8. The maximum absolute atomic E-state index is 12.4. The third kappa shape index (κ3) is 2.31. The molecule has 0 aliphatic heterocycles. The van der Waals surface area contributed by atoms with E-state index in [4.69, 9.17) is 4.74 Å². The summed E-state index contributed by atoms with van der Waals surface area (Å²) in [6.45, 7) is 7.15. The van der Waals surface area contributed by atoms with Crippen molar-refractivity contribution >= 4 is 16.7 Å². The first-order chi connectivity index (χ1) is 9.51. The number of likely N-dealkylation sites (N-methyl/N-ethyl adjacent to an activating group) is 1. The van der Waals surface area contributed by atoms with Crippen molar-refractivity contribution < 1.29 is 9.53 Å². The van der Waals surface area contributed by atoms with Gasteiger partial charge in [-0.05, 0) is 38.1 Å². The van der Waals surface area contributed by atoms with Crippen LogP contribution >= 0.6 is 0 Å². The Morgan fingerprint density at radius 3 is 2.65 bits per heavy atom. The summed E-state index contributed by atoms with van der Waals surface area (Å²) in [4.78, 5) is 12.4. The Hall–Kier alpha value is -1.81. The van der Waals surface area contributed by atoms with E-state index in [1.165, 1.54) is 0 Å². The number of hydrogen-bond donors (Lipinski definition) is 1. The van der Waals surface area contributed by atoms with Crippen molar-refractivity contribution in [3.8, 4) is 5.75 Å². The van der Waals surface area contributed by atoms with Gasteiger partial charge in [0.25, 0.3) is 0 Å². The van der Waals surface area contributed by atoms with E-state index in [9.17, 15) is 4.79 Å². The second-order valence-corrected chi connectivity index (χ2v) is 5.09. The maximum Gasteiger partial charge on any atom is 0.179 e. The van der Waals surface area contributed by atoms with Gasteiger partial charge < -0.3 is 14.6 Å². The minimum atomic E-state index is 0.127. The molecule has 4 heteroatoms. The number of rotatable bonds is 5. The fourth-order valence-electron chi connectivity index (χ4n) is 2.65. The predicted octanol–water partition coefficient (Wildman–Crippen LogP) is 2.60. The molecule has 20 heavy (non-hydrogen) atoms. The topological polar surface area (TPSA) is 43.3 Å². The lowest BCUT2D eigenvalue weighted by molar-refractivity contribution is 0.0992. The highest BCUT2D eigenvalue weighted by molar-refractivity contribution is 6.11. The molecule has 0 bridgehead atoms. The van der Waals surface area contributed by atoms with Gasteiger partial charge in [-0.3, -0.25) is 4.79 Å². The van der Waals surface area contributed by atoms with Gasteiger partial charge in [-0.1, -0.05) is 6.92 Å². The zero-order chi connectivity index (χ0) is 14.9. The van der Waals surface area contributed by atoms with Crippen LogP contribution in [0.15, 0.2) is 12.1 Å². The van der Waals surface area contributed by atoms with Gasteiger partial charge in [-0.2, -0.15) is 0 Å². The molecule has 0 amide bonds. The first kappa shape index (κ1) is 14.6. The minimum Gasteiger partial charge on any atom is -0.495 e. The average Bonchev–Trinajstić information content (AvgIpc) is 2.67. The van der Waals surface area contributed by atoms with E-state index in [1.54, 1.807) is 7.11 Å². The van der Waals surface area contributed by atoms with E-state index in [0.717, 1.165) is 40.0 Å². The molecule has 0 saturated carbocycles. The van der Waals surface area contributed by atoms with E-state index in [2.05, 4.69) is 11.4 Å². The predicted molar refractivity (Wildman–Crippen MR) is 81.8 cm³/mol. The average molecular weight is 274 g/mol. The summed E-state index contributed by atoms with van der Waals surface area (Å²) in [7, 11) is 3.64. The summed E-state index contributed by atoms with van der Waals surface area (Å²) in [6.07, 6.45) is 0. The lowest BCUT2D eigenvalue weighted by Gasteiger charge is -2.06. The van der Waals surface area contributed by atoms with Gasteiger partial charge in [0.15, 0.2) is 5.78 Å². The number of hydrogen-bond acceptors (Lipinski definition) is 3. The van der Waals surface area contributed by atoms with Gasteiger partial charge in [-0.25, -0.2) is 0 Å². The molecule has 1 heterocycles. The van der Waals surface area contributed by atoms with Crippen LogP contribution in [0.1, 0.15) is 28.5 Å². The SMILES string of the molecule is CCNCC(=O)c1c(C)n(C)c2c(OC)cc(C)cc12. The molecule has 0 radical (unpaired) electrons. The number of nitrogens with one attached hydrogen (secondary N) is 1. The molecule has 1 aromatic carbocycles. The molecule has 1 N–H and O–H groups in total. The number of methoxy groups -OCH3 is 1. The summed E-state index contributed by atoms with van der Waals surface area (Å²) < 4.78 is 7.51. The lowest BCUT2D eigenvalue weighted by atomic mass is 10.0. The second kappa shape index (κ2) is 5.67. The van der Waals surface area contributed by atoms with Crippen LogP contribution in [-0.4, -0.2) is 30.5 Å². The van der Waals surface area contributed by atoms with Crippen LogP contribution in [0, 0.1) is 13.8 Å². The largest absolute Gasteiger partial charge is 0.495 e. The number of fused-ring (bicyclic) bond motifs is 1. The normalized spacial score (nSPS) is 11.1. The van der Waals surface area contributed by atoms with E-state index in [1.807, 2.05) is 38.5 Å². The van der Waals surface area contributed by atoms with Crippen molar-refractivity contribution in [3.05, 3.63) is 29.0 Å². The summed E-state index contributed by atoms with van der Waals surface area (Å²) in [5.74, 6) is 0.940. The minimum absolute atomic E-state index is 0.127. The number of carbonyl (C=O) groups excluding carboxylic acids is 1. The summed E-state index contributed by atoms with van der Waals surface area (Å²) >= 11 is 0. The summed E-state index contributed by atoms with van der Waals surface area (Å²) in [5, 5.41) is 4.08. The Kier molecular flexibility index (Phi) is 4.14. The van der Waals surface area contributed by atoms with Gasteiger partial charge in [0.1, 0.15) is 5.75 Å². The Balaban J connectivity index is 2.69. The molecule has 0 aliphatic carbocycles. The van der Waals surface area contributed by atoms with Gasteiger partial charge in [-0.15, -0.1) is 0 Å². The van der Waals surface area contributed by atoms with Crippen molar-refractivity contribution in [1.82, 2.24) is 9.88 Å². The third-order valence-electron chi connectivity index (χ3n) is 3.72. The van der Waals surface area contributed by atoms with Gasteiger partial charge in [0.05, 0.1) is 19.2 Å². The Bertz CT molecular complexity index is 656. The molecule has 0 unspecified atom stereocenters. The van der Waals surface area contributed by atoms with Crippen LogP contribution in [0.5, 0.6) is 5.75 Å². The van der Waals surface area contributed by atoms with Gasteiger partial charge in [0.2, 0.25) is 0 Å². The molecule has 4 nitrogen and oxygen atoms in total. The summed E-state index contributed by atoms with van der Waals surface area (Å²) in [6, 6.07) is 4.06. The number of Topliss-reactive ketones (excluding diaryl/α,β-unsaturated/α-hetero) is 1. The smallest absolute Gasteiger partial charge is 0.179 e. The lowest BCUT2D eigenvalue weighted by Crippen LogP contribution is -2.23. The van der Waals surface area contributed by atoms with Crippen LogP contribution in [0.2, 0.25) is 0 Å². The van der Waals surface area contributed by atoms with E-state index in [0.29, 0.717) is 6.54 Å². The van der Waals surface area contributed by atoms with Crippen LogP contribution in [0.4, 0.5) is 0 Å². The zero-order valence-corrected chi connectivity index (χ0v) is 12.8. The maximum atomic E-state index is 12.4. The molecule has 2 aromatic rings. The highest BCUT2D eigenvalue weighted by atomic mass is 16.5. The van der Waals surface area contributed by atoms with Crippen LogP contribution < -0.4 is 10.1 Å². The first-order valence-electron chi connectivity index (χ1n) is 6.88. The Labute approximate surface area is 119 Å². The van der Waals surface area contributed by atoms with Crippen molar-refractivity contribution in [3.63, 3.8) is 0 Å². The first-order valence-corrected chi connectivity index (χ1v) is 6.88. The number of nitrogens with zero attached hydrogens (tertiary/aromatic N) is 1.